The molecule has 3 heteroatoms. The SMILES string of the molecule is CC(C)CCOc1nccc(-c2ccccc2)n1. The van der Waals surface area contributed by atoms with Crippen molar-refractivity contribution in [3.05, 3.63) is 42.6 Å². The highest BCUT2D eigenvalue weighted by Crippen LogP contribution is 2.17. The molecule has 0 aliphatic carbocycles. The second kappa shape index (κ2) is 6.15. The minimum atomic E-state index is 0.456. The summed E-state index contributed by atoms with van der Waals surface area (Å²) in [7, 11) is 0. The maximum Gasteiger partial charge on any atom is 0.316 e. The van der Waals surface area contributed by atoms with E-state index in [9.17, 15) is 0 Å². The normalized spacial score (nSPS) is 10.6. The van der Waals surface area contributed by atoms with E-state index in [0.717, 1.165) is 17.7 Å². The molecule has 0 atom stereocenters. The number of ether oxygens (including phenoxy) is 1. The number of benzene rings is 1. The van der Waals surface area contributed by atoms with Crippen molar-refractivity contribution in [1.82, 2.24) is 9.97 Å². The second-order valence-electron chi connectivity index (χ2n) is 4.62. The van der Waals surface area contributed by atoms with Crippen LogP contribution in [-0.2, 0) is 0 Å². The highest BCUT2D eigenvalue weighted by Gasteiger charge is 2.03. The molecule has 94 valence electrons. The first-order valence-corrected chi connectivity index (χ1v) is 6.27. The molecule has 0 unspecified atom stereocenters. The van der Waals surface area contributed by atoms with Gasteiger partial charge in [0.05, 0.1) is 12.3 Å². The molecule has 0 spiro atoms. The molecular weight excluding hydrogens is 224 g/mol. The van der Waals surface area contributed by atoms with Crippen molar-refractivity contribution in [2.45, 2.75) is 20.3 Å². The summed E-state index contributed by atoms with van der Waals surface area (Å²) in [5.41, 5.74) is 1.97. The Balaban J connectivity index is 2.06. The molecule has 18 heavy (non-hydrogen) atoms. The predicted molar refractivity (Wildman–Crippen MR) is 72.4 cm³/mol. The standard InChI is InChI=1S/C15H18N2O/c1-12(2)9-11-18-15-16-10-8-14(17-15)13-6-4-3-5-7-13/h3-8,10,12H,9,11H2,1-2H3. The summed E-state index contributed by atoms with van der Waals surface area (Å²) < 4.78 is 5.56. The van der Waals surface area contributed by atoms with Crippen LogP contribution in [0.25, 0.3) is 11.3 Å². The van der Waals surface area contributed by atoms with Crippen LogP contribution in [0.1, 0.15) is 20.3 Å². The zero-order valence-electron chi connectivity index (χ0n) is 10.8. The van der Waals surface area contributed by atoms with Crippen molar-refractivity contribution < 1.29 is 4.74 Å². The lowest BCUT2D eigenvalue weighted by molar-refractivity contribution is 0.268. The molecule has 0 amide bonds. The molecule has 0 saturated carbocycles. The van der Waals surface area contributed by atoms with E-state index >= 15 is 0 Å². The molecule has 1 heterocycles. The zero-order chi connectivity index (χ0) is 12.8. The highest BCUT2D eigenvalue weighted by molar-refractivity contribution is 5.58. The van der Waals surface area contributed by atoms with E-state index in [-0.39, 0.29) is 0 Å². The molecule has 0 saturated heterocycles. The smallest absolute Gasteiger partial charge is 0.316 e. The number of hydrogen-bond donors (Lipinski definition) is 0. The molecule has 0 radical (unpaired) electrons. The van der Waals surface area contributed by atoms with Crippen LogP contribution in [0.15, 0.2) is 42.6 Å². The predicted octanol–water partition coefficient (Wildman–Crippen LogP) is 3.57. The van der Waals surface area contributed by atoms with E-state index in [1.807, 2.05) is 36.4 Å². The summed E-state index contributed by atoms with van der Waals surface area (Å²) in [6.45, 7) is 5.01. The van der Waals surface area contributed by atoms with E-state index in [1.165, 1.54) is 0 Å². The lowest BCUT2D eigenvalue weighted by Gasteiger charge is -2.07. The largest absolute Gasteiger partial charge is 0.463 e. The third-order valence-electron chi connectivity index (χ3n) is 2.63. The van der Waals surface area contributed by atoms with Gasteiger partial charge in [-0.25, -0.2) is 4.98 Å². The lowest BCUT2D eigenvalue weighted by atomic mass is 10.1. The van der Waals surface area contributed by atoms with Gasteiger partial charge in [0.1, 0.15) is 0 Å². The summed E-state index contributed by atoms with van der Waals surface area (Å²) in [4.78, 5) is 8.53. The fourth-order valence-electron chi connectivity index (χ4n) is 1.57. The van der Waals surface area contributed by atoms with Gasteiger partial charge in [0.15, 0.2) is 0 Å². The van der Waals surface area contributed by atoms with E-state index in [4.69, 9.17) is 4.74 Å². The molecule has 2 rings (SSSR count). The molecule has 0 N–H and O–H groups in total. The Labute approximate surface area is 108 Å². The first-order valence-electron chi connectivity index (χ1n) is 6.27. The van der Waals surface area contributed by atoms with Crippen molar-refractivity contribution in [3.63, 3.8) is 0 Å². The quantitative estimate of drug-likeness (QED) is 0.804. The minimum absolute atomic E-state index is 0.456. The number of nitrogens with zero attached hydrogens (tertiary/aromatic N) is 2. The van der Waals surface area contributed by atoms with Gasteiger partial charge in [-0.05, 0) is 18.4 Å². The summed E-state index contributed by atoms with van der Waals surface area (Å²) >= 11 is 0. The van der Waals surface area contributed by atoms with Crippen LogP contribution < -0.4 is 4.74 Å². The number of hydrogen-bond acceptors (Lipinski definition) is 3. The molecule has 0 fully saturated rings. The van der Waals surface area contributed by atoms with Crippen molar-refractivity contribution >= 4 is 0 Å². The molecule has 1 aromatic heterocycles. The molecule has 2 aromatic rings. The van der Waals surface area contributed by atoms with Gasteiger partial charge in [-0.15, -0.1) is 0 Å². The van der Waals surface area contributed by atoms with E-state index in [2.05, 4.69) is 23.8 Å². The molecule has 0 aliphatic heterocycles. The fourth-order valence-corrected chi connectivity index (χ4v) is 1.57. The van der Waals surface area contributed by atoms with E-state index < -0.39 is 0 Å². The third-order valence-corrected chi connectivity index (χ3v) is 2.63. The maximum atomic E-state index is 5.56. The van der Waals surface area contributed by atoms with Gasteiger partial charge in [0.2, 0.25) is 0 Å². The minimum Gasteiger partial charge on any atom is -0.463 e. The summed E-state index contributed by atoms with van der Waals surface area (Å²) in [5, 5.41) is 0. The number of aromatic nitrogens is 2. The average Bonchev–Trinajstić information content (AvgIpc) is 2.40. The van der Waals surface area contributed by atoms with Crippen LogP contribution in [0.3, 0.4) is 0 Å². The Morgan fingerprint density at radius 1 is 1.11 bits per heavy atom. The van der Waals surface area contributed by atoms with Gasteiger partial charge < -0.3 is 4.74 Å². The molecular formula is C15H18N2O. The summed E-state index contributed by atoms with van der Waals surface area (Å²) in [5.74, 6) is 0.627. The maximum absolute atomic E-state index is 5.56. The first kappa shape index (κ1) is 12.6. The van der Waals surface area contributed by atoms with Gasteiger partial charge in [0, 0.05) is 11.8 Å². The Kier molecular flexibility index (Phi) is 4.29. The van der Waals surface area contributed by atoms with Crippen LogP contribution in [0.2, 0.25) is 0 Å². The molecule has 0 aliphatic rings. The Hall–Kier alpha value is -1.90. The van der Waals surface area contributed by atoms with Crippen molar-refractivity contribution in [2.75, 3.05) is 6.61 Å². The molecule has 3 nitrogen and oxygen atoms in total. The molecule has 1 aromatic carbocycles. The third kappa shape index (κ3) is 3.55. The van der Waals surface area contributed by atoms with Gasteiger partial charge >= 0.3 is 6.01 Å². The highest BCUT2D eigenvalue weighted by atomic mass is 16.5. The fraction of sp³-hybridized carbons (Fsp3) is 0.333. The van der Waals surface area contributed by atoms with Crippen molar-refractivity contribution in [2.24, 2.45) is 5.92 Å². The van der Waals surface area contributed by atoms with Crippen LogP contribution in [0, 0.1) is 5.92 Å². The topological polar surface area (TPSA) is 35.0 Å². The van der Waals surface area contributed by atoms with Crippen LogP contribution in [0.5, 0.6) is 6.01 Å². The first-order chi connectivity index (χ1) is 8.75. The van der Waals surface area contributed by atoms with Gasteiger partial charge in [0.25, 0.3) is 0 Å². The lowest BCUT2D eigenvalue weighted by Crippen LogP contribution is -2.04. The Morgan fingerprint density at radius 2 is 1.89 bits per heavy atom. The second-order valence-corrected chi connectivity index (χ2v) is 4.62. The van der Waals surface area contributed by atoms with E-state index in [1.54, 1.807) is 6.20 Å². The van der Waals surface area contributed by atoms with Crippen LogP contribution in [-0.4, -0.2) is 16.6 Å². The van der Waals surface area contributed by atoms with Gasteiger partial charge in [-0.1, -0.05) is 44.2 Å². The molecule has 0 bridgehead atoms. The van der Waals surface area contributed by atoms with Gasteiger partial charge in [-0.2, -0.15) is 4.98 Å². The van der Waals surface area contributed by atoms with E-state index in [0.29, 0.717) is 18.5 Å². The van der Waals surface area contributed by atoms with Crippen molar-refractivity contribution in [1.29, 1.82) is 0 Å². The van der Waals surface area contributed by atoms with Crippen molar-refractivity contribution in [3.8, 4) is 17.3 Å². The number of rotatable bonds is 5. The van der Waals surface area contributed by atoms with Crippen LogP contribution in [0.4, 0.5) is 0 Å². The van der Waals surface area contributed by atoms with Crippen LogP contribution >= 0.6 is 0 Å². The summed E-state index contributed by atoms with van der Waals surface area (Å²) in [6.07, 6.45) is 2.75. The average molecular weight is 242 g/mol. The Bertz CT molecular complexity index is 483. The monoisotopic (exact) mass is 242 g/mol. The zero-order valence-corrected chi connectivity index (χ0v) is 10.8. The Morgan fingerprint density at radius 3 is 2.61 bits per heavy atom. The summed E-state index contributed by atoms with van der Waals surface area (Å²) in [6, 6.07) is 12.4. The van der Waals surface area contributed by atoms with Gasteiger partial charge in [-0.3, -0.25) is 0 Å².